The molecule has 0 spiro atoms. The lowest BCUT2D eigenvalue weighted by molar-refractivity contribution is 0.101. The predicted octanol–water partition coefficient (Wildman–Crippen LogP) is 7.05. The second-order valence-corrected chi connectivity index (χ2v) is 8.85. The average Bonchev–Trinajstić information content (AvgIpc) is 3.53. The Labute approximate surface area is 201 Å². The molecule has 5 aromatic rings. The van der Waals surface area contributed by atoms with Crippen molar-refractivity contribution in [1.82, 2.24) is 10.1 Å². The highest BCUT2D eigenvalue weighted by molar-refractivity contribution is 7.21. The Bertz CT molecular complexity index is 1370. The van der Waals surface area contributed by atoms with Crippen LogP contribution >= 0.6 is 11.3 Å². The molecule has 0 atom stereocenters. The average molecular weight is 470 g/mol. The van der Waals surface area contributed by atoms with E-state index in [9.17, 15) is 4.79 Å². The van der Waals surface area contributed by atoms with Gasteiger partial charge in [-0.3, -0.25) is 4.79 Å². The van der Waals surface area contributed by atoms with Crippen LogP contribution in [0.3, 0.4) is 0 Å². The molecule has 0 radical (unpaired) electrons. The van der Waals surface area contributed by atoms with Crippen LogP contribution in [-0.4, -0.2) is 22.7 Å². The van der Waals surface area contributed by atoms with Crippen LogP contribution in [0.25, 0.3) is 32.1 Å². The van der Waals surface area contributed by atoms with Gasteiger partial charge >= 0.3 is 0 Å². The van der Waals surface area contributed by atoms with Gasteiger partial charge in [0.1, 0.15) is 10.8 Å². The molecular weight excluding hydrogens is 446 g/mol. The molecule has 0 aliphatic rings. The highest BCUT2D eigenvalue weighted by Crippen LogP contribution is 2.30. The molecule has 2 aromatic heterocycles. The van der Waals surface area contributed by atoms with Crippen LogP contribution in [-0.2, 0) is 0 Å². The van der Waals surface area contributed by atoms with E-state index in [1.807, 2.05) is 66.7 Å². The number of carbonyl (C=O) groups excluding carboxylic acids is 1. The Morgan fingerprint density at radius 1 is 1.00 bits per heavy atom. The highest BCUT2D eigenvalue weighted by Gasteiger charge is 2.14. The summed E-state index contributed by atoms with van der Waals surface area (Å²) in [6.07, 6.45) is 2.11. The summed E-state index contributed by atoms with van der Waals surface area (Å²) in [7, 11) is 0. The number of thiazole rings is 1. The summed E-state index contributed by atoms with van der Waals surface area (Å²) >= 11 is 1.64. The number of carbonyl (C=O) groups is 1. The van der Waals surface area contributed by atoms with E-state index in [4.69, 9.17) is 9.26 Å². The van der Waals surface area contributed by atoms with Gasteiger partial charge in [-0.05, 0) is 67.1 Å². The van der Waals surface area contributed by atoms with E-state index < -0.39 is 0 Å². The molecule has 0 unspecified atom stereocenters. The van der Waals surface area contributed by atoms with Crippen LogP contribution in [0.2, 0.25) is 0 Å². The molecule has 170 valence electrons. The van der Waals surface area contributed by atoms with Gasteiger partial charge in [-0.25, -0.2) is 4.98 Å². The summed E-state index contributed by atoms with van der Waals surface area (Å²) in [5, 5.41) is 7.75. The standard InChI is InChI=1S/C27H23N3O3S/c1-2-3-16-32-21-14-10-18(11-15-21)24-17-23(30-33-24)26(31)28-20-12-8-19(9-13-20)27-29-22-6-4-5-7-25(22)34-27/h4-15,17H,2-3,16H2,1H3,(H,28,31). The van der Waals surface area contributed by atoms with Gasteiger partial charge in [-0.2, -0.15) is 0 Å². The number of amides is 1. The minimum absolute atomic E-state index is 0.216. The van der Waals surface area contributed by atoms with E-state index in [0.717, 1.165) is 44.9 Å². The topological polar surface area (TPSA) is 77.2 Å². The summed E-state index contributed by atoms with van der Waals surface area (Å²) in [6.45, 7) is 2.83. The number of rotatable bonds is 8. The summed E-state index contributed by atoms with van der Waals surface area (Å²) in [5.74, 6) is 1.00. The van der Waals surface area contributed by atoms with Crippen molar-refractivity contribution in [1.29, 1.82) is 0 Å². The number of hydrogen-bond acceptors (Lipinski definition) is 6. The predicted molar refractivity (Wildman–Crippen MR) is 135 cm³/mol. The van der Waals surface area contributed by atoms with Gasteiger partial charge in [-0.15, -0.1) is 11.3 Å². The molecular formula is C27H23N3O3S. The maximum atomic E-state index is 12.7. The number of hydrogen-bond donors (Lipinski definition) is 1. The van der Waals surface area contributed by atoms with Crippen molar-refractivity contribution in [3.63, 3.8) is 0 Å². The number of unbranched alkanes of at least 4 members (excludes halogenated alkanes) is 1. The number of nitrogens with zero attached hydrogens (tertiary/aromatic N) is 2. The number of fused-ring (bicyclic) bond motifs is 1. The second kappa shape index (κ2) is 9.89. The Hall–Kier alpha value is -3.97. The summed E-state index contributed by atoms with van der Waals surface area (Å²) in [4.78, 5) is 17.3. The number of benzene rings is 3. The maximum absolute atomic E-state index is 12.7. The van der Waals surface area contributed by atoms with Crippen molar-refractivity contribution in [3.05, 3.63) is 84.6 Å². The van der Waals surface area contributed by atoms with Crippen molar-refractivity contribution in [2.75, 3.05) is 11.9 Å². The van der Waals surface area contributed by atoms with E-state index in [1.165, 1.54) is 0 Å². The quantitative estimate of drug-likeness (QED) is 0.246. The van der Waals surface area contributed by atoms with Crippen LogP contribution in [0.15, 0.2) is 83.4 Å². The third-order valence-electron chi connectivity index (χ3n) is 5.33. The highest BCUT2D eigenvalue weighted by atomic mass is 32.1. The zero-order valence-corrected chi connectivity index (χ0v) is 19.5. The molecule has 1 amide bonds. The van der Waals surface area contributed by atoms with Crippen LogP contribution < -0.4 is 10.1 Å². The van der Waals surface area contributed by atoms with Crippen molar-refractivity contribution in [2.45, 2.75) is 19.8 Å². The Morgan fingerprint density at radius 3 is 2.53 bits per heavy atom. The Kier molecular flexibility index (Phi) is 6.35. The number of anilines is 1. The minimum Gasteiger partial charge on any atom is -0.494 e. The number of ether oxygens (including phenoxy) is 1. The molecule has 1 N–H and O–H groups in total. The zero-order valence-electron chi connectivity index (χ0n) is 18.7. The summed E-state index contributed by atoms with van der Waals surface area (Å²) in [6, 6.07) is 24.9. The molecule has 6 nitrogen and oxygen atoms in total. The number of para-hydroxylation sites is 1. The SMILES string of the molecule is CCCCOc1ccc(-c2cc(C(=O)Nc3ccc(-c4nc5ccccc5s4)cc3)no2)cc1. The molecule has 0 aliphatic heterocycles. The molecule has 0 fully saturated rings. The Balaban J connectivity index is 1.23. The van der Waals surface area contributed by atoms with Crippen molar-refractivity contribution in [2.24, 2.45) is 0 Å². The van der Waals surface area contributed by atoms with Gasteiger partial charge in [0.2, 0.25) is 0 Å². The van der Waals surface area contributed by atoms with Crippen LogP contribution in [0.5, 0.6) is 5.75 Å². The molecule has 0 saturated carbocycles. The van der Waals surface area contributed by atoms with Crippen LogP contribution in [0.4, 0.5) is 5.69 Å². The van der Waals surface area contributed by atoms with E-state index in [-0.39, 0.29) is 11.6 Å². The maximum Gasteiger partial charge on any atom is 0.277 e. The molecule has 0 saturated heterocycles. The fraction of sp³-hybridized carbons (Fsp3) is 0.148. The largest absolute Gasteiger partial charge is 0.494 e. The fourth-order valence-corrected chi connectivity index (χ4v) is 4.43. The Morgan fingerprint density at radius 2 is 1.76 bits per heavy atom. The van der Waals surface area contributed by atoms with E-state index in [2.05, 4.69) is 28.4 Å². The molecule has 2 heterocycles. The zero-order chi connectivity index (χ0) is 23.3. The first kappa shape index (κ1) is 21.9. The minimum atomic E-state index is -0.331. The van der Waals surface area contributed by atoms with E-state index >= 15 is 0 Å². The van der Waals surface area contributed by atoms with Gasteiger partial charge in [0, 0.05) is 22.9 Å². The summed E-state index contributed by atoms with van der Waals surface area (Å²) < 4.78 is 12.2. The van der Waals surface area contributed by atoms with Gasteiger partial charge in [0.05, 0.1) is 16.8 Å². The van der Waals surface area contributed by atoms with Crippen LogP contribution in [0, 0.1) is 0 Å². The lowest BCUT2D eigenvalue weighted by atomic mass is 10.1. The monoisotopic (exact) mass is 469 g/mol. The van der Waals surface area contributed by atoms with Crippen molar-refractivity contribution >= 4 is 33.1 Å². The third kappa shape index (κ3) is 4.84. The number of aromatic nitrogens is 2. The first-order chi connectivity index (χ1) is 16.7. The van der Waals surface area contributed by atoms with E-state index in [0.29, 0.717) is 18.1 Å². The normalized spacial score (nSPS) is 11.0. The van der Waals surface area contributed by atoms with Gasteiger partial charge in [0.15, 0.2) is 11.5 Å². The number of nitrogens with one attached hydrogen (secondary N) is 1. The van der Waals surface area contributed by atoms with Crippen molar-refractivity contribution < 1.29 is 14.1 Å². The molecule has 5 rings (SSSR count). The lowest BCUT2D eigenvalue weighted by Crippen LogP contribution is -2.11. The van der Waals surface area contributed by atoms with Gasteiger partial charge in [-0.1, -0.05) is 30.6 Å². The molecule has 0 bridgehead atoms. The summed E-state index contributed by atoms with van der Waals surface area (Å²) in [5.41, 5.74) is 3.71. The first-order valence-electron chi connectivity index (χ1n) is 11.2. The second-order valence-electron chi connectivity index (χ2n) is 7.82. The van der Waals surface area contributed by atoms with Crippen molar-refractivity contribution in [3.8, 4) is 27.6 Å². The molecule has 0 aliphatic carbocycles. The first-order valence-corrected chi connectivity index (χ1v) is 12.0. The van der Waals surface area contributed by atoms with Gasteiger partial charge < -0.3 is 14.6 Å². The lowest BCUT2D eigenvalue weighted by Gasteiger charge is -2.05. The molecule has 3 aromatic carbocycles. The van der Waals surface area contributed by atoms with Crippen LogP contribution in [0.1, 0.15) is 30.3 Å². The molecule has 34 heavy (non-hydrogen) atoms. The van der Waals surface area contributed by atoms with E-state index in [1.54, 1.807) is 17.4 Å². The smallest absolute Gasteiger partial charge is 0.277 e. The molecule has 7 heteroatoms. The van der Waals surface area contributed by atoms with Gasteiger partial charge in [0.25, 0.3) is 5.91 Å². The fourth-order valence-electron chi connectivity index (χ4n) is 3.46. The third-order valence-corrected chi connectivity index (χ3v) is 6.42.